The summed E-state index contributed by atoms with van der Waals surface area (Å²) in [5.41, 5.74) is 5.73. The summed E-state index contributed by atoms with van der Waals surface area (Å²) in [6.07, 6.45) is 0.617. The van der Waals surface area contributed by atoms with Gasteiger partial charge < -0.3 is 20.8 Å². The Bertz CT molecular complexity index is 180. The summed E-state index contributed by atoms with van der Waals surface area (Å²) in [4.78, 5) is 13.1. The summed E-state index contributed by atoms with van der Waals surface area (Å²) >= 11 is 0. The molecular weight excluding hydrogens is 196 g/mol. The zero-order valence-electron chi connectivity index (χ0n) is 9.52. The predicted molar refractivity (Wildman–Crippen MR) is 58.2 cm³/mol. The molecule has 1 amide bonds. The van der Waals surface area contributed by atoms with E-state index in [0.29, 0.717) is 12.3 Å². The van der Waals surface area contributed by atoms with Crippen LogP contribution in [0.5, 0.6) is 0 Å². The van der Waals surface area contributed by atoms with Gasteiger partial charge in [0.05, 0.1) is 19.3 Å². The fourth-order valence-corrected chi connectivity index (χ4v) is 1.42. The van der Waals surface area contributed by atoms with Crippen molar-refractivity contribution in [2.45, 2.75) is 26.3 Å². The van der Waals surface area contributed by atoms with Gasteiger partial charge in [0.2, 0.25) is 5.91 Å². The van der Waals surface area contributed by atoms with Gasteiger partial charge in [-0.3, -0.25) is 4.79 Å². The third-order valence-corrected chi connectivity index (χ3v) is 2.09. The van der Waals surface area contributed by atoms with Gasteiger partial charge in [-0.25, -0.2) is 0 Å². The molecule has 5 nitrogen and oxygen atoms in total. The average Bonchev–Trinajstić information content (AvgIpc) is 2.15. The van der Waals surface area contributed by atoms with Crippen LogP contribution in [0.3, 0.4) is 0 Å². The van der Waals surface area contributed by atoms with Crippen LogP contribution < -0.4 is 5.73 Å². The third kappa shape index (κ3) is 5.71. The van der Waals surface area contributed by atoms with Crippen molar-refractivity contribution in [1.29, 1.82) is 0 Å². The highest BCUT2D eigenvalue weighted by molar-refractivity contribution is 5.81. The Kier molecular flexibility index (Phi) is 7.29. The van der Waals surface area contributed by atoms with Gasteiger partial charge in [0.1, 0.15) is 0 Å². The smallest absolute Gasteiger partial charge is 0.239 e. The van der Waals surface area contributed by atoms with Crippen molar-refractivity contribution in [2.24, 2.45) is 11.7 Å². The molecule has 0 aromatic rings. The number of aliphatic hydroxyl groups excluding tert-OH is 2. The first-order valence-corrected chi connectivity index (χ1v) is 5.29. The van der Waals surface area contributed by atoms with Crippen molar-refractivity contribution in [2.75, 3.05) is 26.3 Å². The maximum atomic E-state index is 11.7. The van der Waals surface area contributed by atoms with Crippen LogP contribution >= 0.6 is 0 Å². The summed E-state index contributed by atoms with van der Waals surface area (Å²) in [6.45, 7) is 4.22. The molecule has 0 aliphatic carbocycles. The van der Waals surface area contributed by atoms with Crippen LogP contribution in [-0.2, 0) is 4.79 Å². The van der Waals surface area contributed by atoms with Gasteiger partial charge in [-0.2, -0.15) is 0 Å². The third-order valence-electron chi connectivity index (χ3n) is 2.09. The van der Waals surface area contributed by atoms with Crippen molar-refractivity contribution < 1.29 is 15.0 Å². The first kappa shape index (κ1) is 14.3. The van der Waals surface area contributed by atoms with Crippen LogP contribution in [-0.4, -0.2) is 53.4 Å². The SMILES string of the molecule is CC(C)C[C@@H](N)C(=O)N(CCO)CCO. The Hall–Kier alpha value is -0.650. The van der Waals surface area contributed by atoms with Gasteiger partial charge in [-0.1, -0.05) is 13.8 Å². The van der Waals surface area contributed by atoms with Crippen molar-refractivity contribution in [3.8, 4) is 0 Å². The van der Waals surface area contributed by atoms with E-state index in [1.54, 1.807) is 0 Å². The Balaban J connectivity index is 4.21. The summed E-state index contributed by atoms with van der Waals surface area (Å²) in [7, 11) is 0. The number of amides is 1. The van der Waals surface area contributed by atoms with Gasteiger partial charge in [-0.15, -0.1) is 0 Å². The van der Waals surface area contributed by atoms with Gasteiger partial charge in [0, 0.05) is 13.1 Å². The lowest BCUT2D eigenvalue weighted by atomic mass is 10.0. The van der Waals surface area contributed by atoms with E-state index < -0.39 is 6.04 Å². The largest absolute Gasteiger partial charge is 0.395 e. The minimum absolute atomic E-state index is 0.111. The van der Waals surface area contributed by atoms with Crippen LogP contribution in [0.1, 0.15) is 20.3 Å². The predicted octanol–water partition coefficient (Wildman–Crippen LogP) is -0.827. The number of hydrogen-bond acceptors (Lipinski definition) is 4. The number of carbonyl (C=O) groups excluding carboxylic acids is 1. The summed E-state index contributed by atoms with van der Waals surface area (Å²) in [5, 5.41) is 17.5. The average molecular weight is 218 g/mol. The lowest BCUT2D eigenvalue weighted by molar-refractivity contribution is -0.134. The lowest BCUT2D eigenvalue weighted by Gasteiger charge is -2.24. The molecule has 0 aromatic heterocycles. The standard InChI is InChI=1S/C10H22N2O3/c1-8(2)7-9(11)10(15)12(3-5-13)4-6-14/h8-9,13-14H,3-7,11H2,1-2H3/t9-/m1/s1. The first-order valence-electron chi connectivity index (χ1n) is 5.29. The van der Waals surface area contributed by atoms with Crippen molar-refractivity contribution in [1.82, 2.24) is 4.90 Å². The molecule has 0 rings (SSSR count). The molecule has 0 unspecified atom stereocenters. The number of nitrogens with zero attached hydrogens (tertiary/aromatic N) is 1. The molecule has 0 aliphatic heterocycles. The van der Waals surface area contributed by atoms with E-state index in [0.717, 1.165) is 0 Å². The summed E-state index contributed by atoms with van der Waals surface area (Å²) in [6, 6.07) is -0.539. The fourth-order valence-electron chi connectivity index (χ4n) is 1.42. The van der Waals surface area contributed by atoms with Gasteiger partial charge in [0.15, 0.2) is 0 Å². The Morgan fingerprint density at radius 3 is 2.07 bits per heavy atom. The van der Waals surface area contributed by atoms with Crippen molar-refractivity contribution >= 4 is 5.91 Å². The second-order valence-corrected chi connectivity index (χ2v) is 4.01. The highest BCUT2D eigenvalue weighted by Crippen LogP contribution is 2.05. The zero-order valence-corrected chi connectivity index (χ0v) is 9.52. The van der Waals surface area contributed by atoms with Crippen molar-refractivity contribution in [3.05, 3.63) is 0 Å². The highest BCUT2D eigenvalue weighted by atomic mass is 16.3. The minimum atomic E-state index is -0.539. The molecule has 0 heterocycles. The van der Waals surface area contributed by atoms with E-state index in [1.807, 2.05) is 13.8 Å². The molecule has 0 aliphatic rings. The molecule has 0 spiro atoms. The number of hydrogen-bond donors (Lipinski definition) is 3. The van der Waals surface area contributed by atoms with Crippen LogP contribution in [0.2, 0.25) is 0 Å². The van der Waals surface area contributed by atoms with E-state index in [1.165, 1.54) is 4.90 Å². The lowest BCUT2D eigenvalue weighted by Crippen LogP contribution is -2.46. The van der Waals surface area contributed by atoms with Crippen LogP contribution in [0, 0.1) is 5.92 Å². The molecular formula is C10H22N2O3. The summed E-state index contributed by atoms with van der Waals surface area (Å²) in [5.74, 6) is 0.154. The summed E-state index contributed by atoms with van der Waals surface area (Å²) < 4.78 is 0. The first-order chi connectivity index (χ1) is 7.02. The number of aliphatic hydroxyl groups is 2. The van der Waals surface area contributed by atoms with E-state index >= 15 is 0 Å². The quantitative estimate of drug-likeness (QED) is 0.520. The molecule has 0 fully saturated rings. The molecule has 0 radical (unpaired) electrons. The molecule has 0 saturated carbocycles. The van der Waals surface area contributed by atoms with Gasteiger partial charge in [0.25, 0.3) is 0 Å². The number of carbonyl (C=O) groups is 1. The molecule has 0 saturated heterocycles. The Morgan fingerprint density at radius 2 is 1.73 bits per heavy atom. The van der Waals surface area contributed by atoms with Crippen LogP contribution in [0.25, 0.3) is 0 Å². The maximum Gasteiger partial charge on any atom is 0.239 e. The molecule has 1 atom stereocenters. The minimum Gasteiger partial charge on any atom is -0.395 e. The highest BCUT2D eigenvalue weighted by Gasteiger charge is 2.20. The zero-order chi connectivity index (χ0) is 11.8. The normalized spacial score (nSPS) is 12.9. The molecule has 5 heteroatoms. The van der Waals surface area contributed by atoms with Gasteiger partial charge in [-0.05, 0) is 12.3 Å². The second kappa shape index (κ2) is 7.62. The Labute approximate surface area is 90.9 Å². The molecule has 15 heavy (non-hydrogen) atoms. The topological polar surface area (TPSA) is 86.8 Å². The van der Waals surface area contributed by atoms with E-state index in [-0.39, 0.29) is 32.2 Å². The number of nitrogens with two attached hydrogens (primary N) is 1. The van der Waals surface area contributed by atoms with Crippen LogP contribution in [0.4, 0.5) is 0 Å². The molecule has 0 bridgehead atoms. The monoisotopic (exact) mass is 218 g/mol. The maximum absolute atomic E-state index is 11.7. The number of rotatable bonds is 7. The fraction of sp³-hybridized carbons (Fsp3) is 0.900. The molecule has 90 valence electrons. The van der Waals surface area contributed by atoms with Gasteiger partial charge >= 0.3 is 0 Å². The van der Waals surface area contributed by atoms with Crippen LogP contribution in [0.15, 0.2) is 0 Å². The Morgan fingerprint density at radius 1 is 1.27 bits per heavy atom. The second-order valence-electron chi connectivity index (χ2n) is 4.01. The molecule has 4 N–H and O–H groups in total. The van der Waals surface area contributed by atoms with E-state index in [4.69, 9.17) is 15.9 Å². The van der Waals surface area contributed by atoms with E-state index in [9.17, 15) is 4.79 Å². The van der Waals surface area contributed by atoms with Crippen molar-refractivity contribution in [3.63, 3.8) is 0 Å². The van der Waals surface area contributed by atoms with E-state index in [2.05, 4.69) is 0 Å². The molecule has 0 aromatic carbocycles.